The molecular formula is C16H20N2O3. The molecule has 0 aliphatic carbocycles. The number of nitrogens with zero attached hydrogens (tertiary/aromatic N) is 2. The Morgan fingerprint density at radius 2 is 1.90 bits per heavy atom. The van der Waals surface area contributed by atoms with Crippen molar-refractivity contribution in [3.63, 3.8) is 0 Å². The first kappa shape index (κ1) is 14.3. The van der Waals surface area contributed by atoms with E-state index in [0.717, 1.165) is 16.6 Å². The number of hydrogen-bond acceptors (Lipinski definition) is 5. The van der Waals surface area contributed by atoms with Gasteiger partial charge in [-0.25, -0.2) is 0 Å². The van der Waals surface area contributed by atoms with E-state index in [2.05, 4.69) is 23.7 Å². The second-order valence-corrected chi connectivity index (χ2v) is 5.62. The van der Waals surface area contributed by atoms with E-state index in [1.807, 2.05) is 18.2 Å². The third-order valence-electron chi connectivity index (χ3n) is 4.00. The molecule has 2 aromatic rings. The minimum atomic E-state index is -1.50. The van der Waals surface area contributed by atoms with Gasteiger partial charge in [-0.2, -0.15) is 0 Å². The van der Waals surface area contributed by atoms with Crippen LogP contribution in [0.25, 0.3) is 10.9 Å². The SMILES string of the molecule is C[C@@H]1COC[C@H](C)N1c1ccc2nccc(C(O)O)c2c1. The van der Waals surface area contributed by atoms with Gasteiger partial charge < -0.3 is 19.8 Å². The second kappa shape index (κ2) is 5.60. The average Bonchev–Trinajstić information content (AvgIpc) is 2.46. The van der Waals surface area contributed by atoms with Gasteiger partial charge in [-0.05, 0) is 38.1 Å². The number of morpholine rings is 1. The molecule has 1 aromatic heterocycles. The first-order valence-electron chi connectivity index (χ1n) is 7.19. The molecule has 2 heterocycles. The highest BCUT2D eigenvalue weighted by Crippen LogP contribution is 2.29. The van der Waals surface area contributed by atoms with Crippen molar-refractivity contribution in [3.8, 4) is 0 Å². The van der Waals surface area contributed by atoms with Gasteiger partial charge in [-0.3, -0.25) is 4.98 Å². The molecule has 21 heavy (non-hydrogen) atoms. The standard InChI is InChI=1S/C16H20N2O3/c1-10-8-21-9-11(2)18(10)12-3-4-15-14(7-12)13(16(19)20)5-6-17-15/h3-7,10-11,16,19-20H,8-9H2,1-2H3/t10-,11+. The van der Waals surface area contributed by atoms with Gasteiger partial charge in [-0.15, -0.1) is 0 Å². The Hall–Kier alpha value is -1.69. The van der Waals surface area contributed by atoms with E-state index in [9.17, 15) is 10.2 Å². The summed E-state index contributed by atoms with van der Waals surface area (Å²) in [7, 11) is 0. The topological polar surface area (TPSA) is 65.8 Å². The minimum Gasteiger partial charge on any atom is -0.377 e. The molecule has 0 amide bonds. The number of fused-ring (bicyclic) bond motifs is 1. The number of pyridine rings is 1. The maximum Gasteiger partial charge on any atom is 0.179 e. The summed E-state index contributed by atoms with van der Waals surface area (Å²) < 4.78 is 5.56. The maximum absolute atomic E-state index is 9.52. The van der Waals surface area contributed by atoms with E-state index in [1.54, 1.807) is 12.3 Å². The molecular weight excluding hydrogens is 268 g/mol. The number of aliphatic hydroxyl groups excluding tert-OH is 1. The van der Waals surface area contributed by atoms with Crippen molar-refractivity contribution >= 4 is 16.6 Å². The smallest absolute Gasteiger partial charge is 0.179 e. The summed E-state index contributed by atoms with van der Waals surface area (Å²) >= 11 is 0. The lowest BCUT2D eigenvalue weighted by atomic mass is 10.1. The quantitative estimate of drug-likeness (QED) is 0.825. The van der Waals surface area contributed by atoms with E-state index in [-0.39, 0.29) is 12.1 Å². The van der Waals surface area contributed by atoms with E-state index in [0.29, 0.717) is 18.8 Å². The summed E-state index contributed by atoms with van der Waals surface area (Å²) in [5.74, 6) is 0. The van der Waals surface area contributed by atoms with Gasteiger partial charge >= 0.3 is 0 Å². The summed E-state index contributed by atoms with van der Waals surface area (Å²) in [6.07, 6.45) is 0.0989. The highest BCUT2D eigenvalue weighted by molar-refractivity contribution is 5.86. The summed E-state index contributed by atoms with van der Waals surface area (Å²) in [6.45, 7) is 5.66. The number of ether oxygens (including phenoxy) is 1. The zero-order valence-electron chi connectivity index (χ0n) is 12.2. The van der Waals surface area contributed by atoms with Crippen LogP contribution in [0.2, 0.25) is 0 Å². The van der Waals surface area contributed by atoms with Crippen molar-refractivity contribution in [1.82, 2.24) is 4.98 Å². The van der Waals surface area contributed by atoms with E-state index in [4.69, 9.17) is 4.74 Å². The molecule has 2 atom stereocenters. The van der Waals surface area contributed by atoms with Crippen molar-refractivity contribution in [2.24, 2.45) is 0 Å². The number of rotatable bonds is 2. The van der Waals surface area contributed by atoms with Crippen molar-refractivity contribution < 1.29 is 14.9 Å². The molecule has 0 bridgehead atoms. The van der Waals surface area contributed by atoms with Gasteiger partial charge in [-0.1, -0.05) is 0 Å². The zero-order chi connectivity index (χ0) is 15.0. The molecule has 2 N–H and O–H groups in total. The van der Waals surface area contributed by atoms with Crippen molar-refractivity contribution in [1.29, 1.82) is 0 Å². The number of benzene rings is 1. The Bertz CT molecular complexity index is 634. The van der Waals surface area contributed by atoms with Crippen molar-refractivity contribution in [2.45, 2.75) is 32.2 Å². The third kappa shape index (κ3) is 2.60. The highest BCUT2D eigenvalue weighted by atomic mass is 16.5. The predicted octanol–water partition coefficient (Wildman–Crippen LogP) is 1.83. The van der Waals surface area contributed by atoms with Crippen molar-refractivity contribution in [2.75, 3.05) is 18.1 Å². The molecule has 1 fully saturated rings. The van der Waals surface area contributed by atoms with E-state index < -0.39 is 6.29 Å². The highest BCUT2D eigenvalue weighted by Gasteiger charge is 2.26. The van der Waals surface area contributed by atoms with Crippen LogP contribution in [0.3, 0.4) is 0 Å². The normalized spacial score (nSPS) is 23.0. The van der Waals surface area contributed by atoms with Gasteiger partial charge in [0.15, 0.2) is 6.29 Å². The number of hydrogen-bond donors (Lipinski definition) is 2. The fourth-order valence-corrected chi connectivity index (χ4v) is 3.05. The van der Waals surface area contributed by atoms with Gasteiger partial charge in [0.2, 0.25) is 0 Å². The van der Waals surface area contributed by atoms with Crippen LogP contribution in [0.5, 0.6) is 0 Å². The molecule has 1 aromatic carbocycles. The Labute approximate surface area is 123 Å². The lowest BCUT2D eigenvalue weighted by Crippen LogP contribution is -2.49. The molecule has 5 nitrogen and oxygen atoms in total. The Balaban J connectivity index is 2.09. The van der Waals surface area contributed by atoms with Gasteiger partial charge in [0.1, 0.15) is 0 Å². The summed E-state index contributed by atoms with van der Waals surface area (Å²) in [5, 5.41) is 19.8. The largest absolute Gasteiger partial charge is 0.377 e. The third-order valence-corrected chi connectivity index (χ3v) is 4.00. The van der Waals surface area contributed by atoms with Gasteiger partial charge in [0, 0.05) is 34.9 Å². The van der Waals surface area contributed by atoms with Crippen LogP contribution >= 0.6 is 0 Å². The van der Waals surface area contributed by atoms with Crippen LogP contribution in [0, 0.1) is 0 Å². The molecule has 1 saturated heterocycles. The molecule has 0 radical (unpaired) electrons. The second-order valence-electron chi connectivity index (χ2n) is 5.62. The zero-order valence-corrected chi connectivity index (χ0v) is 12.2. The van der Waals surface area contributed by atoms with Gasteiger partial charge in [0.05, 0.1) is 18.7 Å². The summed E-state index contributed by atoms with van der Waals surface area (Å²) in [5.41, 5.74) is 2.30. The molecule has 0 saturated carbocycles. The lowest BCUT2D eigenvalue weighted by Gasteiger charge is -2.40. The summed E-state index contributed by atoms with van der Waals surface area (Å²) in [4.78, 5) is 6.59. The fraction of sp³-hybridized carbons (Fsp3) is 0.438. The molecule has 0 unspecified atom stereocenters. The van der Waals surface area contributed by atoms with Gasteiger partial charge in [0.25, 0.3) is 0 Å². The van der Waals surface area contributed by atoms with Crippen LogP contribution in [-0.2, 0) is 4.74 Å². The molecule has 1 aliphatic heterocycles. The first-order valence-corrected chi connectivity index (χ1v) is 7.19. The molecule has 112 valence electrons. The minimum absolute atomic E-state index is 0.283. The number of aliphatic hydroxyl groups is 2. The van der Waals surface area contributed by atoms with Crippen LogP contribution in [0.1, 0.15) is 25.7 Å². The first-order chi connectivity index (χ1) is 10.1. The van der Waals surface area contributed by atoms with Crippen LogP contribution in [0.15, 0.2) is 30.5 Å². The van der Waals surface area contributed by atoms with Crippen LogP contribution in [0.4, 0.5) is 5.69 Å². The number of anilines is 1. The maximum atomic E-state index is 9.52. The van der Waals surface area contributed by atoms with Crippen LogP contribution in [-0.4, -0.2) is 40.5 Å². The summed E-state index contributed by atoms with van der Waals surface area (Å²) in [6, 6.07) is 8.14. The van der Waals surface area contributed by atoms with E-state index in [1.165, 1.54) is 0 Å². The molecule has 3 rings (SSSR count). The van der Waals surface area contributed by atoms with Crippen molar-refractivity contribution in [3.05, 3.63) is 36.0 Å². The fourth-order valence-electron chi connectivity index (χ4n) is 3.05. The predicted molar refractivity (Wildman–Crippen MR) is 81.1 cm³/mol. The van der Waals surface area contributed by atoms with E-state index >= 15 is 0 Å². The Morgan fingerprint density at radius 3 is 2.57 bits per heavy atom. The monoisotopic (exact) mass is 288 g/mol. The Morgan fingerprint density at radius 1 is 1.19 bits per heavy atom. The molecule has 0 spiro atoms. The lowest BCUT2D eigenvalue weighted by molar-refractivity contribution is -0.0413. The molecule has 5 heteroatoms. The average molecular weight is 288 g/mol. The van der Waals surface area contributed by atoms with Crippen LogP contribution < -0.4 is 4.90 Å². The number of aromatic nitrogens is 1. The molecule has 1 aliphatic rings. The Kier molecular flexibility index (Phi) is 3.80.